The summed E-state index contributed by atoms with van der Waals surface area (Å²) in [5.41, 5.74) is 2.84. The van der Waals surface area contributed by atoms with Gasteiger partial charge in [0.05, 0.1) is 11.4 Å². The monoisotopic (exact) mass is 379 g/mol. The summed E-state index contributed by atoms with van der Waals surface area (Å²) in [4.78, 5) is 33.9. The molecule has 6 heteroatoms. The topological polar surface area (TPSA) is 66.1 Å². The highest BCUT2D eigenvalue weighted by Crippen LogP contribution is 2.26. The molecule has 0 atom stereocenters. The number of H-pyrrole nitrogens is 1. The van der Waals surface area contributed by atoms with Gasteiger partial charge in [-0.15, -0.1) is 0 Å². The Hall–Kier alpha value is -2.86. The molecular weight excluding hydrogens is 358 g/mol. The lowest BCUT2D eigenvalue weighted by molar-refractivity contribution is -0.115. The summed E-state index contributed by atoms with van der Waals surface area (Å²) in [7, 11) is 0. The second-order valence-electron chi connectivity index (χ2n) is 5.99. The molecule has 0 aliphatic heterocycles. The van der Waals surface area contributed by atoms with Gasteiger partial charge in [0.2, 0.25) is 5.91 Å². The number of carbonyl (C=O) groups excluding carboxylic acids is 1. The van der Waals surface area contributed by atoms with E-state index in [1.54, 1.807) is 11.8 Å². The number of thioether (sulfide) groups is 1. The van der Waals surface area contributed by atoms with E-state index in [0.29, 0.717) is 17.1 Å². The molecule has 2 aromatic carbocycles. The number of carbonyl (C=O) groups is 1. The standard InChI is InChI=1S/C21H21N3O2S/c1-3-18-15(2)20(26)23-21(22-18)27-14-19(25)24(16-10-6-4-7-11-16)17-12-8-5-9-13-17/h4-13H,3,14H2,1-2H3,(H,22,23,26). The van der Waals surface area contributed by atoms with Crippen LogP contribution in [0.15, 0.2) is 70.6 Å². The van der Waals surface area contributed by atoms with Crippen molar-refractivity contribution in [3.8, 4) is 0 Å². The molecule has 0 saturated carbocycles. The van der Waals surface area contributed by atoms with Gasteiger partial charge < -0.3 is 4.98 Å². The summed E-state index contributed by atoms with van der Waals surface area (Å²) < 4.78 is 0. The van der Waals surface area contributed by atoms with E-state index in [9.17, 15) is 9.59 Å². The third-order valence-corrected chi connectivity index (χ3v) is 5.03. The van der Waals surface area contributed by atoms with Crippen LogP contribution in [0.3, 0.4) is 0 Å². The smallest absolute Gasteiger partial charge is 0.254 e. The summed E-state index contributed by atoms with van der Waals surface area (Å²) in [5.74, 6) is 0.0811. The molecule has 0 saturated heterocycles. The van der Waals surface area contributed by atoms with Crippen LogP contribution >= 0.6 is 11.8 Å². The van der Waals surface area contributed by atoms with E-state index >= 15 is 0 Å². The Balaban J connectivity index is 1.84. The zero-order valence-corrected chi connectivity index (χ0v) is 16.1. The molecule has 0 radical (unpaired) electrons. The molecule has 1 heterocycles. The average Bonchev–Trinajstić information content (AvgIpc) is 2.70. The number of aromatic nitrogens is 2. The highest BCUT2D eigenvalue weighted by atomic mass is 32.2. The molecule has 3 aromatic rings. The van der Waals surface area contributed by atoms with Crippen LogP contribution in [0, 0.1) is 6.92 Å². The molecular formula is C21H21N3O2S. The predicted octanol–water partition coefficient (Wildman–Crippen LogP) is 4.10. The van der Waals surface area contributed by atoms with Crippen LogP contribution < -0.4 is 10.5 Å². The normalized spacial score (nSPS) is 10.6. The molecule has 0 unspecified atom stereocenters. The summed E-state index contributed by atoms with van der Waals surface area (Å²) in [5, 5.41) is 0.469. The van der Waals surface area contributed by atoms with Crippen molar-refractivity contribution in [1.29, 1.82) is 0 Å². The first-order valence-electron chi connectivity index (χ1n) is 8.75. The molecule has 5 nitrogen and oxygen atoms in total. The SMILES string of the molecule is CCc1nc(SCC(=O)N(c2ccccc2)c2ccccc2)[nH]c(=O)c1C. The lowest BCUT2D eigenvalue weighted by Crippen LogP contribution is -2.28. The molecule has 3 rings (SSSR count). The Kier molecular flexibility index (Phi) is 6.08. The van der Waals surface area contributed by atoms with Crippen molar-refractivity contribution in [2.45, 2.75) is 25.4 Å². The first kappa shape index (κ1) is 18.9. The largest absolute Gasteiger partial charge is 0.301 e. The summed E-state index contributed by atoms with van der Waals surface area (Å²) in [6.45, 7) is 3.72. The number of rotatable bonds is 6. The Morgan fingerprint density at radius 2 is 1.59 bits per heavy atom. The van der Waals surface area contributed by atoms with Crippen LogP contribution in [-0.4, -0.2) is 21.6 Å². The second-order valence-corrected chi connectivity index (χ2v) is 6.95. The quantitative estimate of drug-likeness (QED) is 0.517. The summed E-state index contributed by atoms with van der Waals surface area (Å²) in [6.07, 6.45) is 0.678. The van der Waals surface area contributed by atoms with Crippen LogP contribution in [0.5, 0.6) is 0 Å². The maximum absolute atomic E-state index is 13.0. The van der Waals surface area contributed by atoms with Gasteiger partial charge in [0.25, 0.3) is 5.56 Å². The fourth-order valence-corrected chi connectivity index (χ4v) is 3.48. The number of anilines is 2. The third kappa shape index (κ3) is 4.46. The van der Waals surface area contributed by atoms with Crippen molar-refractivity contribution >= 4 is 29.0 Å². The van der Waals surface area contributed by atoms with Gasteiger partial charge in [-0.3, -0.25) is 14.5 Å². The van der Waals surface area contributed by atoms with Gasteiger partial charge in [-0.2, -0.15) is 0 Å². The average molecular weight is 379 g/mol. The van der Waals surface area contributed by atoms with Gasteiger partial charge in [0.1, 0.15) is 0 Å². The van der Waals surface area contributed by atoms with E-state index in [1.807, 2.05) is 67.6 Å². The van der Waals surface area contributed by atoms with Gasteiger partial charge in [0, 0.05) is 16.9 Å². The minimum Gasteiger partial charge on any atom is -0.301 e. The number of amides is 1. The van der Waals surface area contributed by atoms with Gasteiger partial charge in [-0.25, -0.2) is 4.98 Å². The lowest BCUT2D eigenvalue weighted by Gasteiger charge is -2.22. The molecule has 1 aromatic heterocycles. The van der Waals surface area contributed by atoms with Crippen molar-refractivity contribution in [2.75, 3.05) is 10.7 Å². The van der Waals surface area contributed by atoms with E-state index in [-0.39, 0.29) is 17.2 Å². The highest BCUT2D eigenvalue weighted by Gasteiger charge is 2.18. The maximum Gasteiger partial charge on any atom is 0.254 e. The molecule has 0 aliphatic rings. The van der Waals surface area contributed by atoms with Crippen molar-refractivity contribution in [2.24, 2.45) is 0 Å². The first-order chi connectivity index (χ1) is 13.1. The maximum atomic E-state index is 13.0. The van der Waals surface area contributed by atoms with Gasteiger partial charge in [-0.1, -0.05) is 55.1 Å². The molecule has 0 bridgehead atoms. The fraction of sp³-hybridized carbons (Fsp3) is 0.190. The van der Waals surface area contributed by atoms with Gasteiger partial charge >= 0.3 is 0 Å². The van der Waals surface area contributed by atoms with Crippen molar-refractivity contribution in [3.05, 3.63) is 82.3 Å². The third-order valence-electron chi connectivity index (χ3n) is 4.18. The molecule has 1 N–H and O–H groups in total. The van der Waals surface area contributed by atoms with Crippen LogP contribution in [0.25, 0.3) is 0 Å². The number of hydrogen-bond acceptors (Lipinski definition) is 4. The lowest BCUT2D eigenvalue weighted by atomic mass is 10.2. The fourth-order valence-electron chi connectivity index (χ4n) is 2.75. The number of benzene rings is 2. The number of aryl methyl sites for hydroxylation is 1. The van der Waals surface area contributed by atoms with Crippen LogP contribution in [-0.2, 0) is 11.2 Å². The molecule has 0 aliphatic carbocycles. The second kappa shape index (κ2) is 8.68. The number of para-hydroxylation sites is 2. The molecule has 1 amide bonds. The number of hydrogen-bond donors (Lipinski definition) is 1. The van der Waals surface area contributed by atoms with Gasteiger partial charge in [-0.05, 0) is 37.6 Å². The number of nitrogens with zero attached hydrogens (tertiary/aromatic N) is 2. The van der Waals surface area contributed by atoms with E-state index in [1.165, 1.54) is 11.8 Å². The zero-order chi connectivity index (χ0) is 19.2. The van der Waals surface area contributed by atoms with E-state index in [0.717, 1.165) is 17.1 Å². The highest BCUT2D eigenvalue weighted by molar-refractivity contribution is 7.99. The van der Waals surface area contributed by atoms with E-state index in [2.05, 4.69) is 9.97 Å². The van der Waals surface area contributed by atoms with Crippen LogP contribution in [0.1, 0.15) is 18.2 Å². The van der Waals surface area contributed by atoms with Crippen molar-refractivity contribution in [1.82, 2.24) is 9.97 Å². The molecule has 27 heavy (non-hydrogen) atoms. The Morgan fingerprint density at radius 1 is 1.04 bits per heavy atom. The molecule has 0 spiro atoms. The Labute approximate surface area is 162 Å². The minimum absolute atomic E-state index is 0.0846. The first-order valence-corrected chi connectivity index (χ1v) is 9.74. The Morgan fingerprint density at radius 3 is 2.11 bits per heavy atom. The van der Waals surface area contributed by atoms with Crippen LogP contribution in [0.4, 0.5) is 11.4 Å². The number of nitrogens with one attached hydrogen (secondary N) is 1. The van der Waals surface area contributed by atoms with Gasteiger partial charge in [0.15, 0.2) is 5.16 Å². The molecule has 138 valence electrons. The van der Waals surface area contributed by atoms with E-state index in [4.69, 9.17) is 0 Å². The Bertz CT molecular complexity index is 932. The zero-order valence-electron chi connectivity index (χ0n) is 15.3. The van der Waals surface area contributed by atoms with Crippen LogP contribution in [0.2, 0.25) is 0 Å². The molecule has 0 fully saturated rings. The predicted molar refractivity (Wildman–Crippen MR) is 110 cm³/mol. The van der Waals surface area contributed by atoms with Crippen molar-refractivity contribution < 1.29 is 4.79 Å². The summed E-state index contributed by atoms with van der Waals surface area (Å²) in [6, 6.07) is 19.0. The van der Waals surface area contributed by atoms with Crippen molar-refractivity contribution in [3.63, 3.8) is 0 Å². The number of aromatic amines is 1. The summed E-state index contributed by atoms with van der Waals surface area (Å²) >= 11 is 1.24. The minimum atomic E-state index is -0.153. The van der Waals surface area contributed by atoms with E-state index < -0.39 is 0 Å².